The van der Waals surface area contributed by atoms with E-state index < -0.39 is 0 Å². The summed E-state index contributed by atoms with van der Waals surface area (Å²) in [5.41, 5.74) is 2.48. The van der Waals surface area contributed by atoms with Crippen molar-refractivity contribution in [2.75, 3.05) is 21.3 Å². The van der Waals surface area contributed by atoms with Gasteiger partial charge in [0.05, 0.1) is 27.9 Å². The van der Waals surface area contributed by atoms with Crippen LogP contribution in [0.3, 0.4) is 0 Å². The molecule has 0 radical (unpaired) electrons. The molecule has 4 heterocycles. The first-order valence-corrected chi connectivity index (χ1v) is 11.1. The zero-order valence-electron chi connectivity index (χ0n) is 17.8. The normalized spacial score (nSPS) is 10.6. The predicted octanol–water partition coefficient (Wildman–Crippen LogP) is 3.14. The second-order valence-corrected chi connectivity index (χ2v) is 8.57. The molecule has 0 aliphatic rings. The second kappa shape index (κ2) is 9.75. The van der Waals surface area contributed by atoms with Crippen LogP contribution >= 0.6 is 22.7 Å². The van der Waals surface area contributed by atoms with E-state index in [1.807, 2.05) is 24.3 Å². The summed E-state index contributed by atoms with van der Waals surface area (Å²) in [6, 6.07) is 11.1. The average Bonchev–Trinajstić information content (AvgIpc) is 3.61. The lowest BCUT2D eigenvalue weighted by Gasteiger charge is -2.03. The molecule has 0 aliphatic carbocycles. The highest BCUT2D eigenvalue weighted by molar-refractivity contribution is 7.20. The number of carbonyl (C=O) groups excluding carboxylic acids is 2. The van der Waals surface area contributed by atoms with E-state index in [0.717, 1.165) is 21.0 Å². The quantitative estimate of drug-likeness (QED) is 0.372. The molecule has 13 heteroatoms. The van der Waals surface area contributed by atoms with Gasteiger partial charge in [0.2, 0.25) is 0 Å². The molecular weight excluding hydrogens is 468 g/mol. The number of aromatic amines is 1. The number of rotatable bonds is 5. The van der Waals surface area contributed by atoms with Crippen molar-refractivity contribution in [1.82, 2.24) is 30.4 Å². The van der Waals surface area contributed by atoms with Crippen molar-refractivity contribution in [3.63, 3.8) is 0 Å². The summed E-state index contributed by atoms with van der Waals surface area (Å²) >= 11 is 2.59. The number of H-pyrrole nitrogens is 1. The van der Waals surface area contributed by atoms with Crippen LogP contribution < -0.4 is 4.74 Å². The summed E-state index contributed by atoms with van der Waals surface area (Å²) in [6.07, 6.45) is 0. The van der Waals surface area contributed by atoms with E-state index in [1.165, 1.54) is 36.9 Å². The van der Waals surface area contributed by atoms with Gasteiger partial charge in [-0.3, -0.25) is 0 Å². The number of methoxy groups -OCH3 is 3. The van der Waals surface area contributed by atoms with Gasteiger partial charge in [0.1, 0.15) is 31.4 Å². The van der Waals surface area contributed by atoms with Crippen molar-refractivity contribution in [3.8, 4) is 5.75 Å². The van der Waals surface area contributed by atoms with Gasteiger partial charge in [-0.05, 0) is 29.8 Å². The predicted molar refractivity (Wildman–Crippen MR) is 122 cm³/mol. The Morgan fingerprint density at radius 2 is 1.61 bits per heavy atom. The highest BCUT2D eigenvalue weighted by Gasteiger charge is 2.15. The number of esters is 2. The summed E-state index contributed by atoms with van der Waals surface area (Å²) in [7, 11) is 4.35. The summed E-state index contributed by atoms with van der Waals surface area (Å²) in [4.78, 5) is 25.2. The second-order valence-electron chi connectivity index (χ2n) is 6.50. The van der Waals surface area contributed by atoms with Gasteiger partial charge in [0.15, 0.2) is 4.83 Å². The zero-order valence-corrected chi connectivity index (χ0v) is 19.4. The van der Waals surface area contributed by atoms with Crippen molar-refractivity contribution in [3.05, 3.63) is 51.7 Å². The van der Waals surface area contributed by atoms with Gasteiger partial charge in [0.25, 0.3) is 0 Å². The van der Waals surface area contributed by atoms with E-state index in [-0.39, 0.29) is 11.9 Å². The Morgan fingerprint density at radius 1 is 0.939 bits per heavy atom. The average molecular weight is 487 g/mol. The summed E-state index contributed by atoms with van der Waals surface area (Å²) in [5, 5.41) is 18.3. The molecule has 0 atom stereocenters. The lowest BCUT2D eigenvalue weighted by atomic mass is 10.2. The minimum atomic E-state index is -0.353. The summed E-state index contributed by atoms with van der Waals surface area (Å²) in [6.45, 7) is 0.585. The molecule has 0 saturated heterocycles. The third kappa shape index (κ3) is 4.83. The molecule has 4 aromatic heterocycles. The third-order valence-electron chi connectivity index (χ3n) is 4.47. The molecule has 0 amide bonds. The van der Waals surface area contributed by atoms with Crippen LogP contribution in [0.15, 0.2) is 36.4 Å². The van der Waals surface area contributed by atoms with Gasteiger partial charge in [0, 0.05) is 0 Å². The maximum absolute atomic E-state index is 11.5. The van der Waals surface area contributed by atoms with Crippen LogP contribution in [-0.2, 0) is 16.0 Å². The minimum absolute atomic E-state index is 0.347. The van der Waals surface area contributed by atoms with Gasteiger partial charge >= 0.3 is 11.9 Å². The Morgan fingerprint density at radius 3 is 2.24 bits per heavy atom. The van der Waals surface area contributed by atoms with Crippen LogP contribution in [0.2, 0.25) is 0 Å². The maximum atomic E-state index is 11.5. The van der Waals surface area contributed by atoms with Gasteiger partial charge in [-0.15, -0.1) is 32.9 Å². The van der Waals surface area contributed by atoms with E-state index in [2.05, 4.69) is 30.5 Å². The third-order valence-corrected chi connectivity index (χ3v) is 6.58. The molecule has 5 aromatic rings. The van der Waals surface area contributed by atoms with Gasteiger partial charge < -0.3 is 14.2 Å². The number of aromatic nitrogens is 6. The molecule has 0 spiro atoms. The van der Waals surface area contributed by atoms with Crippen molar-refractivity contribution >= 4 is 55.3 Å². The van der Waals surface area contributed by atoms with Crippen molar-refractivity contribution in [2.24, 2.45) is 0 Å². The number of benzene rings is 1. The molecular formula is C20H18N6O5S2. The fraction of sp³-hybridized carbons (Fsp3) is 0.200. The summed E-state index contributed by atoms with van der Waals surface area (Å²) < 4.78 is 16.2. The first kappa shape index (κ1) is 22.4. The van der Waals surface area contributed by atoms with Crippen LogP contribution in [0.4, 0.5) is 0 Å². The minimum Gasteiger partial charge on any atom is -0.497 e. The highest BCUT2D eigenvalue weighted by atomic mass is 32.1. The first-order valence-electron chi connectivity index (χ1n) is 9.45. The maximum Gasteiger partial charge on any atom is 0.348 e. The number of thiophene rings is 2. The number of nitrogens with zero attached hydrogens (tertiary/aromatic N) is 5. The largest absolute Gasteiger partial charge is 0.497 e. The monoisotopic (exact) mass is 486 g/mol. The van der Waals surface area contributed by atoms with E-state index in [0.29, 0.717) is 27.3 Å². The number of hydrogen-bond donors (Lipinski definition) is 1. The molecule has 11 nitrogen and oxygen atoms in total. The lowest BCUT2D eigenvalue weighted by Crippen LogP contribution is -2.01. The lowest BCUT2D eigenvalue weighted by molar-refractivity contribution is 0.0597. The number of nitrogens with one attached hydrogen (secondary N) is 1. The van der Waals surface area contributed by atoms with E-state index in [1.54, 1.807) is 23.9 Å². The molecule has 0 saturated carbocycles. The molecule has 0 unspecified atom stereocenters. The van der Waals surface area contributed by atoms with Gasteiger partial charge in [-0.25, -0.2) is 14.3 Å². The van der Waals surface area contributed by atoms with Crippen molar-refractivity contribution in [2.45, 2.75) is 6.54 Å². The fourth-order valence-electron chi connectivity index (χ4n) is 2.84. The van der Waals surface area contributed by atoms with Crippen LogP contribution in [0.25, 0.3) is 20.7 Å². The molecule has 0 fully saturated rings. The van der Waals surface area contributed by atoms with E-state index in [9.17, 15) is 9.59 Å². The smallest absolute Gasteiger partial charge is 0.348 e. The molecule has 0 bridgehead atoms. The number of fused-ring (bicyclic) bond motifs is 2. The van der Waals surface area contributed by atoms with Gasteiger partial charge in [-0.1, -0.05) is 17.3 Å². The molecule has 0 aliphatic heterocycles. The van der Waals surface area contributed by atoms with Crippen LogP contribution in [0, 0.1) is 0 Å². The Bertz CT molecular complexity index is 1370. The Labute approximate surface area is 194 Å². The molecule has 170 valence electrons. The number of hydrogen-bond acceptors (Lipinski definition) is 11. The van der Waals surface area contributed by atoms with Crippen LogP contribution in [-0.4, -0.2) is 63.7 Å². The molecule has 5 rings (SSSR count). The van der Waals surface area contributed by atoms with Crippen LogP contribution in [0.5, 0.6) is 5.75 Å². The topological polar surface area (TPSA) is 134 Å². The van der Waals surface area contributed by atoms with E-state index >= 15 is 0 Å². The Balaban J connectivity index is 0.000000183. The highest BCUT2D eigenvalue weighted by Crippen LogP contribution is 2.25. The van der Waals surface area contributed by atoms with E-state index in [4.69, 9.17) is 9.47 Å². The Kier molecular flexibility index (Phi) is 6.60. The SMILES string of the molecule is COC(=O)c1cc2n[nH]nc2s1.COC(=O)c1cc2nnn(Cc3ccc(OC)cc3)c2s1. The standard InChI is InChI=1S/C14H13N3O3S.C6H5N3O2S/c1-19-10-5-3-9(4-6-10)8-17-13-11(15-16-17)7-12(21-13)14(18)20-2;1-11-6(10)4-2-3-5(12-4)8-9-7-3/h3-7H,8H2,1-2H3;2H,1H3,(H,7,8,9). The number of ether oxygens (including phenoxy) is 3. The van der Waals surface area contributed by atoms with Crippen molar-refractivity contribution < 1.29 is 23.8 Å². The first-order chi connectivity index (χ1) is 16.0. The van der Waals surface area contributed by atoms with Crippen molar-refractivity contribution in [1.29, 1.82) is 0 Å². The fourth-order valence-corrected chi connectivity index (χ4v) is 4.63. The molecule has 1 N–H and O–H groups in total. The Hall–Kier alpha value is -3.84. The zero-order chi connectivity index (χ0) is 23.4. The molecule has 33 heavy (non-hydrogen) atoms. The molecule has 1 aromatic carbocycles. The van der Waals surface area contributed by atoms with Crippen LogP contribution in [0.1, 0.15) is 24.9 Å². The summed E-state index contributed by atoms with van der Waals surface area (Å²) in [5.74, 6) is 0.111. The number of carbonyl (C=O) groups is 2. The van der Waals surface area contributed by atoms with Gasteiger partial charge in [-0.2, -0.15) is 10.3 Å².